The second-order valence-corrected chi connectivity index (χ2v) is 4.29. The lowest BCUT2D eigenvalue weighted by Gasteiger charge is -2.16. The van der Waals surface area contributed by atoms with E-state index in [2.05, 4.69) is 3.07 Å². The molecule has 0 aliphatic rings. The maximum absolute atomic E-state index is 10.9. The summed E-state index contributed by atoms with van der Waals surface area (Å²) in [4.78, 5) is 21.6. The number of carbonyl (C=O) groups is 2. The Morgan fingerprint density at radius 3 is 2.17 bits per heavy atom. The SMILES string of the molecule is CC(C)(C)CCC(=O)C(=O)OI. The van der Waals surface area contributed by atoms with Crippen LogP contribution in [-0.4, -0.2) is 11.8 Å². The Kier molecular flexibility index (Phi) is 4.74. The molecule has 0 N–H and O–H groups in total. The lowest BCUT2D eigenvalue weighted by molar-refractivity contribution is -0.145. The number of hydrogen-bond donors (Lipinski definition) is 0. The molecule has 70 valence electrons. The van der Waals surface area contributed by atoms with Crippen molar-refractivity contribution in [2.45, 2.75) is 33.6 Å². The smallest absolute Gasteiger partial charge is 0.383 e. The standard InChI is InChI=1S/C8H13IO3/c1-8(2,3)5-4-6(10)7(11)12-9/h4-5H2,1-3H3. The topological polar surface area (TPSA) is 43.4 Å². The van der Waals surface area contributed by atoms with E-state index in [-0.39, 0.29) is 11.8 Å². The Labute approximate surface area is 86.5 Å². The van der Waals surface area contributed by atoms with Gasteiger partial charge < -0.3 is 3.07 Å². The first-order valence-electron chi connectivity index (χ1n) is 3.72. The van der Waals surface area contributed by atoms with Crippen LogP contribution in [0.5, 0.6) is 0 Å². The quantitative estimate of drug-likeness (QED) is 0.590. The Bertz CT molecular complexity index is 181. The largest absolute Gasteiger partial charge is 0.389 e. The summed E-state index contributed by atoms with van der Waals surface area (Å²) < 4.78 is 4.26. The Hall–Kier alpha value is -0.130. The minimum Gasteiger partial charge on any atom is -0.389 e. The van der Waals surface area contributed by atoms with Gasteiger partial charge in [0.1, 0.15) is 0 Å². The molecule has 0 rings (SSSR count). The first kappa shape index (κ1) is 11.9. The van der Waals surface area contributed by atoms with Crippen LogP contribution in [0.15, 0.2) is 0 Å². The van der Waals surface area contributed by atoms with E-state index in [1.807, 2.05) is 20.8 Å². The van der Waals surface area contributed by atoms with Gasteiger partial charge in [0.25, 0.3) is 0 Å². The molecule has 0 unspecified atom stereocenters. The molecule has 4 heteroatoms. The average Bonchev–Trinajstić information content (AvgIpc) is 1.97. The van der Waals surface area contributed by atoms with E-state index in [0.29, 0.717) is 6.42 Å². The molecule has 0 bridgehead atoms. The van der Waals surface area contributed by atoms with E-state index in [0.717, 1.165) is 0 Å². The molecule has 0 heterocycles. The van der Waals surface area contributed by atoms with Crippen LogP contribution in [0.1, 0.15) is 33.6 Å². The zero-order valence-corrected chi connectivity index (χ0v) is 9.67. The first-order valence-corrected chi connectivity index (χ1v) is 4.60. The third kappa shape index (κ3) is 5.51. The van der Waals surface area contributed by atoms with Gasteiger partial charge in [-0.1, -0.05) is 20.8 Å². The summed E-state index contributed by atoms with van der Waals surface area (Å²) in [5, 5.41) is 0. The molecule has 0 spiro atoms. The van der Waals surface area contributed by atoms with E-state index >= 15 is 0 Å². The fourth-order valence-corrected chi connectivity index (χ4v) is 0.879. The molecule has 12 heavy (non-hydrogen) atoms. The van der Waals surface area contributed by atoms with Gasteiger partial charge in [0, 0.05) is 6.42 Å². The van der Waals surface area contributed by atoms with Crippen LogP contribution in [0.4, 0.5) is 0 Å². The molecule has 3 nitrogen and oxygen atoms in total. The molecule has 0 atom stereocenters. The van der Waals surface area contributed by atoms with Crippen molar-refractivity contribution in [1.82, 2.24) is 0 Å². The minimum absolute atomic E-state index is 0.0845. The van der Waals surface area contributed by atoms with Crippen molar-refractivity contribution in [2.24, 2.45) is 5.41 Å². The molecule has 0 fully saturated rings. The predicted octanol–water partition coefficient (Wildman–Crippen LogP) is 2.28. The van der Waals surface area contributed by atoms with E-state index < -0.39 is 11.8 Å². The number of halogens is 1. The molecular formula is C8H13IO3. The second kappa shape index (κ2) is 4.79. The summed E-state index contributed by atoms with van der Waals surface area (Å²) >= 11 is 1.42. The van der Waals surface area contributed by atoms with Gasteiger partial charge in [0.15, 0.2) is 23.0 Å². The highest BCUT2D eigenvalue weighted by Gasteiger charge is 2.18. The van der Waals surface area contributed by atoms with Crippen molar-refractivity contribution < 1.29 is 12.7 Å². The van der Waals surface area contributed by atoms with Crippen LogP contribution in [0.25, 0.3) is 0 Å². The van der Waals surface area contributed by atoms with Gasteiger partial charge in [-0.15, -0.1) is 0 Å². The fraction of sp³-hybridized carbons (Fsp3) is 0.750. The minimum atomic E-state index is -0.750. The van der Waals surface area contributed by atoms with E-state index in [9.17, 15) is 9.59 Å². The summed E-state index contributed by atoms with van der Waals surface area (Å²) in [6.45, 7) is 6.07. The Balaban J connectivity index is 3.80. The van der Waals surface area contributed by atoms with Crippen LogP contribution in [0.2, 0.25) is 0 Å². The van der Waals surface area contributed by atoms with Crippen molar-refractivity contribution in [3.63, 3.8) is 0 Å². The molecule has 0 aliphatic heterocycles. The highest BCUT2D eigenvalue weighted by Crippen LogP contribution is 2.20. The number of carbonyl (C=O) groups excluding carboxylic acids is 2. The fourth-order valence-electron chi connectivity index (χ4n) is 0.634. The van der Waals surface area contributed by atoms with Crippen molar-refractivity contribution in [3.8, 4) is 0 Å². The second-order valence-electron chi connectivity index (χ2n) is 3.85. The van der Waals surface area contributed by atoms with Crippen LogP contribution in [0.3, 0.4) is 0 Å². The van der Waals surface area contributed by atoms with Gasteiger partial charge in [0.05, 0.1) is 0 Å². The maximum atomic E-state index is 10.9. The van der Waals surface area contributed by atoms with Gasteiger partial charge >= 0.3 is 5.97 Å². The van der Waals surface area contributed by atoms with E-state index in [1.165, 1.54) is 23.0 Å². The molecule has 0 aromatic carbocycles. The predicted molar refractivity (Wildman–Crippen MR) is 53.8 cm³/mol. The molecule has 0 aliphatic carbocycles. The summed E-state index contributed by atoms with van der Waals surface area (Å²) in [6, 6.07) is 0. The van der Waals surface area contributed by atoms with Crippen molar-refractivity contribution in [2.75, 3.05) is 0 Å². The summed E-state index contributed by atoms with van der Waals surface area (Å²) in [7, 11) is 0. The number of ketones is 1. The summed E-state index contributed by atoms with van der Waals surface area (Å²) in [5.41, 5.74) is 0.0845. The van der Waals surface area contributed by atoms with Gasteiger partial charge in [-0.2, -0.15) is 0 Å². The lowest BCUT2D eigenvalue weighted by Crippen LogP contribution is -2.16. The third-order valence-corrected chi connectivity index (χ3v) is 1.80. The molecule has 0 amide bonds. The highest BCUT2D eigenvalue weighted by molar-refractivity contribution is 14.1. The monoisotopic (exact) mass is 284 g/mol. The van der Waals surface area contributed by atoms with Gasteiger partial charge in [-0.25, -0.2) is 4.79 Å². The zero-order chi connectivity index (χ0) is 9.78. The van der Waals surface area contributed by atoms with E-state index in [1.54, 1.807) is 0 Å². The summed E-state index contributed by atoms with van der Waals surface area (Å²) in [6.07, 6.45) is 0.975. The van der Waals surface area contributed by atoms with Gasteiger partial charge in [0.2, 0.25) is 5.78 Å². The maximum Gasteiger partial charge on any atom is 0.383 e. The van der Waals surface area contributed by atoms with Crippen molar-refractivity contribution in [1.29, 1.82) is 0 Å². The molecule has 0 saturated carbocycles. The highest BCUT2D eigenvalue weighted by atomic mass is 127. The number of hydrogen-bond acceptors (Lipinski definition) is 3. The number of rotatable bonds is 3. The van der Waals surface area contributed by atoms with Crippen LogP contribution < -0.4 is 0 Å². The first-order chi connectivity index (χ1) is 5.37. The Morgan fingerprint density at radius 1 is 1.33 bits per heavy atom. The lowest BCUT2D eigenvalue weighted by atomic mass is 9.90. The number of Topliss-reactive ketones (excluding diaryl/α,β-unsaturated/α-hetero) is 1. The van der Waals surface area contributed by atoms with E-state index in [4.69, 9.17) is 0 Å². The molecule has 0 saturated heterocycles. The van der Waals surface area contributed by atoms with Crippen LogP contribution in [0, 0.1) is 5.41 Å². The zero-order valence-electron chi connectivity index (χ0n) is 7.52. The van der Waals surface area contributed by atoms with Gasteiger partial charge in [-0.3, -0.25) is 4.79 Å². The van der Waals surface area contributed by atoms with Crippen LogP contribution in [-0.2, 0) is 12.7 Å². The normalized spacial score (nSPS) is 11.0. The van der Waals surface area contributed by atoms with Crippen molar-refractivity contribution >= 4 is 34.8 Å². The molecule has 0 radical (unpaired) electrons. The Morgan fingerprint density at radius 2 is 1.83 bits per heavy atom. The van der Waals surface area contributed by atoms with Crippen LogP contribution >= 0.6 is 23.0 Å². The van der Waals surface area contributed by atoms with Crippen molar-refractivity contribution in [3.05, 3.63) is 0 Å². The molecule has 0 aromatic heterocycles. The average molecular weight is 284 g/mol. The third-order valence-electron chi connectivity index (χ3n) is 1.40. The van der Waals surface area contributed by atoms with Gasteiger partial charge in [-0.05, 0) is 11.8 Å². The summed E-state index contributed by atoms with van der Waals surface area (Å²) in [5.74, 6) is -1.20. The molecule has 0 aromatic rings. The molecular weight excluding hydrogens is 271 g/mol.